The molecule has 5 nitrogen and oxygen atoms in total. The van der Waals surface area contributed by atoms with Gasteiger partial charge in [0, 0.05) is 18.9 Å². The molecule has 0 aliphatic heterocycles. The lowest BCUT2D eigenvalue weighted by molar-refractivity contribution is 0.102. The topological polar surface area (TPSA) is 60.3 Å². The molecule has 0 bridgehead atoms. The Kier molecular flexibility index (Phi) is 3.85. The van der Waals surface area contributed by atoms with Crippen molar-refractivity contribution in [3.05, 3.63) is 70.5 Å². The standard InChI is InChI=1S/C18H16N2O3/c1-20-11-15(18(22)19-12-6-4-3-5-7-12)17(21)14-10-13(23-2)8-9-16(14)20/h3-11H,1-2H3,(H,19,22). The van der Waals surface area contributed by atoms with Crippen molar-refractivity contribution >= 4 is 22.5 Å². The van der Waals surface area contributed by atoms with Gasteiger partial charge in [0.1, 0.15) is 11.3 Å². The summed E-state index contributed by atoms with van der Waals surface area (Å²) in [6, 6.07) is 14.3. The van der Waals surface area contributed by atoms with E-state index < -0.39 is 5.91 Å². The van der Waals surface area contributed by atoms with Gasteiger partial charge in [-0.15, -0.1) is 0 Å². The fourth-order valence-corrected chi connectivity index (χ4v) is 2.48. The molecule has 2 aromatic carbocycles. The van der Waals surface area contributed by atoms with E-state index in [0.717, 1.165) is 5.52 Å². The van der Waals surface area contributed by atoms with Crippen molar-refractivity contribution in [1.82, 2.24) is 4.57 Å². The number of pyridine rings is 1. The molecule has 1 amide bonds. The number of hydrogen-bond donors (Lipinski definition) is 1. The minimum Gasteiger partial charge on any atom is -0.497 e. The van der Waals surface area contributed by atoms with Gasteiger partial charge >= 0.3 is 0 Å². The first-order valence-corrected chi connectivity index (χ1v) is 7.14. The first-order valence-electron chi connectivity index (χ1n) is 7.14. The van der Waals surface area contributed by atoms with Gasteiger partial charge in [0.25, 0.3) is 5.91 Å². The first-order chi connectivity index (χ1) is 11.1. The number of nitrogens with zero attached hydrogens (tertiary/aromatic N) is 1. The number of ether oxygens (including phenoxy) is 1. The van der Waals surface area contributed by atoms with Gasteiger partial charge in [0.15, 0.2) is 0 Å². The summed E-state index contributed by atoms with van der Waals surface area (Å²) in [7, 11) is 3.34. The summed E-state index contributed by atoms with van der Waals surface area (Å²) in [4.78, 5) is 25.1. The van der Waals surface area contributed by atoms with Crippen molar-refractivity contribution in [2.75, 3.05) is 12.4 Å². The van der Waals surface area contributed by atoms with Crippen molar-refractivity contribution in [3.8, 4) is 5.75 Å². The van der Waals surface area contributed by atoms with Crippen molar-refractivity contribution < 1.29 is 9.53 Å². The summed E-state index contributed by atoms with van der Waals surface area (Å²) in [5.74, 6) is 0.150. The maximum atomic E-state index is 12.7. The third-order valence-electron chi connectivity index (χ3n) is 3.67. The number of anilines is 1. The fraction of sp³-hybridized carbons (Fsp3) is 0.111. The van der Waals surface area contributed by atoms with Crippen LogP contribution in [0, 0.1) is 0 Å². The zero-order valence-corrected chi connectivity index (χ0v) is 12.9. The normalized spacial score (nSPS) is 10.5. The molecule has 0 spiro atoms. The quantitative estimate of drug-likeness (QED) is 0.809. The fourth-order valence-electron chi connectivity index (χ4n) is 2.48. The molecule has 3 rings (SSSR count). The molecule has 1 aromatic heterocycles. The van der Waals surface area contributed by atoms with Crippen LogP contribution in [0.4, 0.5) is 5.69 Å². The second kappa shape index (κ2) is 5.96. The Morgan fingerprint density at radius 3 is 2.57 bits per heavy atom. The van der Waals surface area contributed by atoms with Gasteiger partial charge in [0.2, 0.25) is 5.43 Å². The van der Waals surface area contributed by atoms with Gasteiger partial charge in [-0.05, 0) is 30.3 Å². The highest BCUT2D eigenvalue weighted by atomic mass is 16.5. The smallest absolute Gasteiger partial charge is 0.261 e. The van der Waals surface area contributed by atoms with Gasteiger partial charge in [-0.1, -0.05) is 18.2 Å². The third kappa shape index (κ3) is 2.81. The number of methoxy groups -OCH3 is 1. The molecule has 0 fully saturated rings. The molecule has 0 atom stereocenters. The highest BCUT2D eigenvalue weighted by molar-refractivity contribution is 6.05. The molecule has 3 aromatic rings. The number of aromatic nitrogens is 1. The minimum absolute atomic E-state index is 0.0945. The second-order valence-corrected chi connectivity index (χ2v) is 5.19. The summed E-state index contributed by atoms with van der Waals surface area (Å²) in [6.45, 7) is 0. The van der Waals surface area contributed by atoms with Crippen molar-refractivity contribution in [2.45, 2.75) is 0 Å². The van der Waals surface area contributed by atoms with Crippen molar-refractivity contribution in [3.63, 3.8) is 0 Å². The Morgan fingerprint density at radius 1 is 1.13 bits per heavy atom. The van der Waals surface area contributed by atoms with E-state index in [1.807, 2.05) is 18.2 Å². The molecule has 1 heterocycles. The summed E-state index contributed by atoms with van der Waals surface area (Å²) < 4.78 is 6.92. The number of amides is 1. The number of carbonyl (C=O) groups excluding carboxylic acids is 1. The van der Waals surface area contributed by atoms with E-state index in [4.69, 9.17) is 4.74 Å². The lowest BCUT2D eigenvalue weighted by Gasteiger charge is -2.10. The number of benzene rings is 2. The predicted molar refractivity (Wildman–Crippen MR) is 90.1 cm³/mol. The summed E-state index contributed by atoms with van der Waals surface area (Å²) >= 11 is 0. The average Bonchev–Trinajstić information content (AvgIpc) is 2.58. The maximum absolute atomic E-state index is 12.7. The molecule has 5 heteroatoms. The van der Waals surface area contributed by atoms with E-state index >= 15 is 0 Å². The van der Waals surface area contributed by atoms with Gasteiger partial charge in [-0.25, -0.2) is 0 Å². The highest BCUT2D eigenvalue weighted by Gasteiger charge is 2.15. The highest BCUT2D eigenvalue weighted by Crippen LogP contribution is 2.18. The molecule has 0 unspecified atom stereocenters. The van der Waals surface area contributed by atoms with Crippen LogP contribution in [0.2, 0.25) is 0 Å². The summed E-state index contributed by atoms with van der Waals surface area (Å²) in [6.07, 6.45) is 1.55. The molecular formula is C18H16N2O3. The number of para-hydroxylation sites is 1. The van der Waals surface area contributed by atoms with Gasteiger partial charge in [0.05, 0.1) is 18.0 Å². The number of hydrogen-bond acceptors (Lipinski definition) is 3. The van der Waals surface area contributed by atoms with Crippen LogP contribution in [-0.2, 0) is 7.05 Å². The zero-order valence-electron chi connectivity index (χ0n) is 12.9. The van der Waals surface area contributed by atoms with Crippen LogP contribution in [0.15, 0.2) is 59.5 Å². The SMILES string of the molecule is COc1ccc2c(c1)c(=O)c(C(=O)Nc1ccccc1)cn2C. The second-order valence-electron chi connectivity index (χ2n) is 5.19. The lowest BCUT2D eigenvalue weighted by Crippen LogP contribution is -2.23. The third-order valence-corrected chi connectivity index (χ3v) is 3.67. The van der Waals surface area contributed by atoms with E-state index in [0.29, 0.717) is 16.8 Å². The van der Waals surface area contributed by atoms with Crippen LogP contribution in [-0.4, -0.2) is 17.6 Å². The maximum Gasteiger partial charge on any atom is 0.261 e. The number of rotatable bonds is 3. The van der Waals surface area contributed by atoms with Crippen LogP contribution in [0.1, 0.15) is 10.4 Å². The lowest BCUT2D eigenvalue weighted by atomic mass is 10.1. The van der Waals surface area contributed by atoms with E-state index in [1.165, 1.54) is 7.11 Å². The largest absolute Gasteiger partial charge is 0.497 e. The molecule has 0 aliphatic carbocycles. The monoisotopic (exact) mass is 308 g/mol. The van der Waals surface area contributed by atoms with Gasteiger partial charge < -0.3 is 14.6 Å². The molecule has 0 saturated carbocycles. The van der Waals surface area contributed by atoms with Crippen LogP contribution >= 0.6 is 0 Å². The van der Waals surface area contributed by atoms with Crippen molar-refractivity contribution in [1.29, 1.82) is 0 Å². The Bertz CT molecular complexity index is 930. The average molecular weight is 308 g/mol. The molecule has 23 heavy (non-hydrogen) atoms. The zero-order chi connectivity index (χ0) is 16.4. The Balaban J connectivity index is 2.09. The Hall–Kier alpha value is -3.08. The number of nitrogens with one attached hydrogen (secondary N) is 1. The summed E-state index contributed by atoms with van der Waals surface area (Å²) in [5, 5.41) is 3.19. The Labute approximate surface area is 133 Å². The van der Waals surface area contributed by atoms with E-state index in [-0.39, 0.29) is 11.0 Å². The van der Waals surface area contributed by atoms with E-state index in [2.05, 4.69) is 5.32 Å². The van der Waals surface area contributed by atoms with Crippen LogP contribution < -0.4 is 15.5 Å². The predicted octanol–water partition coefficient (Wildman–Crippen LogP) is 2.80. The van der Waals surface area contributed by atoms with Crippen molar-refractivity contribution in [2.24, 2.45) is 7.05 Å². The molecule has 0 aliphatic rings. The van der Waals surface area contributed by atoms with Crippen LogP contribution in [0.5, 0.6) is 5.75 Å². The number of aryl methyl sites for hydroxylation is 1. The molecule has 1 N–H and O–H groups in total. The van der Waals surface area contributed by atoms with E-state index in [1.54, 1.807) is 48.1 Å². The van der Waals surface area contributed by atoms with E-state index in [9.17, 15) is 9.59 Å². The molecular weight excluding hydrogens is 292 g/mol. The first kappa shape index (κ1) is 14.8. The Morgan fingerprint density at radius 2 is 1.87 bits per heavy atom. The van der Waals surface area contributed by atoms with Crippen LogP contribution in [0.25, 0.3) is 10.9 Å². The molecule has 0 radical (unpaired) electrons. The molecule has 0 saturated heterocycles. The van der Waals surface area contributed by atoms with Gasteiger partial charge in [-0.2, -0.15) is 0 Å². The molecule has 116 valence electrons. The number of carbonyl (C=O) groups is 1. The van der Waals surface area contributed by atoms with Gasteiger partial charge in [-0.3, -0.25) is 9.59 Å². The van der Waals surface area contributed by atoms with Crippen LogP contribution in [0.3, 0.4) is 0 Å². The number of fused-ring (bicyclic) bond motifs is 1. The summed E-state index contributed by atoms with van der Waals surface area (Å²) in [5.41, 5.74) is 1.17. The minimum atomic E-state index is -0.429.